The molecule has 0 radical (unpaired) electrons. The molecule has 1 rings (SSSR count). The van der Waals surface area contributed by atoms with Crippen LogP contribution in [0.3, 0.4) is 0 Å². The van der Waals surface area contributed by atoms with E-state index in [2.05, 4.69) is 45.2 Å². The topological polar surface area (TPSA) is 92.7 Å². The van der Waals surface area contributed by atoms with Gasteiger partial charge in [-0.25, -0.2) is 8.42 Å². The fourth-order valence-electron chi connectivity index (χ4n) is 2.71. The van der Waals surface area contributed by atoms with Crippen LogP contribution in [0.5, 0.6) is 0 Å². The Bertz CT molecular complexity index is 828. The second-order valence-corrected chi connectivity index (χ2v) is 15.4. The molecule has 0 amide bonds. The van der Waals surface area contributed by atoms with Crippen LogP contribution in [0.2, 0.25) is 18.1 Å². The van der Waals surface area contributed by atoms with Crippen LogP contribution in [-0.2, 0) is 19.2 Å². The summed E-state index contributed by atoms with van der Waals surface area (Å²) < 4.78 is 34.3. The quantitative estimate of drug-likeness (QED) is 0.400. The number of carbonyl (C=O) groups is 1. The molecule has 2 N–H and O–H groups in total. The molecule has 0 aliphatic heterocycles. The van der Waals surface area contributed by atoms with Gasteiger partial charge in [0.15, 0.2) is 8.32 Å². The zero-order valence-electron chi connectivity index (χ0n) is 18.6. The Labute approximate surface area is 176 Å². The first-order valence-corrected chi connectivity index (χ1v) is 14.2. The molecule has 0 fully saturated rings. The van der Waals surface area contributed by atoms with Gasteiger partial charge in [0.1, 0.15) is 5.54 Å². The van der Waals surface area contributed by atoms with Crippen LogP contribution >= 0.6 is 0 Å². The maximum absolute atomic E-state index is 12.8. The highest BCUT2D eigenvalue weighted by Gasteiger charge is 2.40. The Morgan fingerprint density at radius 3 is 2.17 bits per heavy atom. The molecule has 0 bridgehead atoms. The van der Waals surface area contributed by atoms with E-state index in [9.17, 15) is 18.3 Å². The minimum absolute atomic E-state index is 0.00641. The first-order chi connectivity index (χ1) is 13.1. The Hall–Kier alpha value is -1.48. The van der Waals surface area contributed by atoms with Gasteiger partial charge in [-0.1, -0.05) is 45.9 Å². The van der Waals surface area contributed by atoms with Crippen molar-refractivity contribution in [3.05, 3.63) is 42.5 Å². The van der Waals surface area contributed by atoms with Gasteiger partial charge in [-0.05, 0) is 55.6 Å². The smallest absolute Gasteiger partial charge is 0.325 e. The number of carboxylic acid groups (broad SMARTS) is 1. The predicted molar refractivity (Wildman–Crippen MR) is 119 cm³/mol. The minimum Gasteiger partial charge on any atom is -0.480 e. The molecule has 2 atom stereocenters. The number of rotatable bonds is 10. The number of nitrogens with one attached hydrogen (secondary N) is 1. The van der Waals surface area contributed by atoms with Gasteiger partial charge in [-0.2, -0.15) is 4.72 Å². The summed E-state index contributed by atoms with van der Waals surface area (Å²) in [5.74, 6) is -1.23. The van der Waals surface area contributed by atoms with Crippen molar-refractivity contribution in [1.82, 2.24) is 4.72 Å². The van der Waals surface area contributed by atoms with Crippen molar-refractivity contribution < 1.29 is 22.7 Å². The third kappa shape index (κ3) is 6.01. The van der Waals surface area contributed by atoms with Gasteiger partial charge >= 0.3 is 5.97 Å². The molecule has 1 aromatic rings. The molecular formula is C21H35NO5SSi. The van der Waals surface area contributed by atoms with Gasteiger partial charge in [-0.3, -0.25) is 4.79 Å². The Kier molecular flexibility index (Phi) is 8.03. The van der Waals surface area contributed by atoms with Crippen molar-refractivity contribution in [2.45, 2.75) is 82.1 Å². The maximum Gasteiger partial charge on any atom is 0.325 e. The van der Waals surface area contributed by atoms with E-state index in [-0.39, 0.29) is 28.9 Å². The zero-order chi connectivity index (χ0) is 22.7. The molecule has 164 valence electrons. The van der Waals surface area contributed by atoms with Gasteiger partial charge < -0.3 is 9.53 Å². The highest BCUT2D eigenvalue weighted by atomic mass is 32.2. The third-order valence-corrected chi connectivity index (χ3v) is 11.9. The van der Waals surface area contributed by atoms with Gasteiger partial charge in [0.25, 0.3) is 0 Å². The summed E-state index contributed by atoms with van der Waals surface area (Å²) in [6.07, 6.45) is 1.33. The van der Waals surface area contributed by atoms with Gasteiger partial charge in [-0.15, -0.1) is 6.58 Å². The van der Waals surface area contributed by atoms with Crippen molar-refractivity contribution in [2.75, 3.05) is 0 Å². The molecule has 6 nitrogen and oxygen atoms in total. The van der Waals surface area contributed by atoms with E-state index >= 15 is 0 Å². The van der Waals surface area contributed by atoms with Crippen LogP contribution < -0.4 is 4.72 Å². The molecule has 0 aromatic heterocycles. The van der Waals surface area contributed by atoms with E-state index in [1.54, 1.807) is 19.1 Å². The Morgan fingerprint density at radius 2 is 1.79 bits per heavy atom. The summed E-state index contributed by atoms with van der Waals surface area (Å²) >= 11 is 0. The number of benzene rings is 1. The van der Waals surface area contributed by atoms with Crippen molar-refractivity contribution in [2.24, 2.45) is 0 Å². The second-order valence-electron chi connectivity index (χ2n) is 8.93. The van der Waals surface area contributed by atoms with Crippen LogP contribution in [0, 0.1) is 0 Å². The summed E-state index contributed by atoms with van der Waals surface area (Å²) in [4.78, 5) is 11.7. The number of hydrogen-bond donors (Lipinski definition) is 2. The number of carboxylic acids is 1. The molecule has 0 aliphatic rings. The second kappa shape index (κ2) is 9.12. The summed E-state index contributed by atoms with van der Waals surface area (Å²) in [5.41, 5.74) is -0.738. The lowest BCUT2D eigenvalue weighted by molar-refractivity contribution is -0.144. The molecule has 0 aliphatic carbocycles. The van der Waals surface area contributed by atoms with Gasteiger partial charge in [0, 0.05) is 0 Å². The third-order valence-electron chi connectivity index (χ3n) is 5.77. The van der Waals surface area contributed by atoms with Crippen molar-refractivity contribution in [1.29, 1.82) is 0 Å². The van der Waals surface area contributed by atoms with Crippen LogP contribution in [0.4, 0.5) is 0 Å². The summed E-state index contributed by atoms with van der Waals surface area (Å²) in [7, 11) is -5.97. The fourth-order valence-corrected chi connectivity index (χ4v) is 5.52. The molecule has 0 spiro atoms. The summed E-state index contributed by atoms with van der Waals surface area (Å²) in [6, 6.07) is 6.40. The van der Waals surface area contributed by atoms with E-state index < -0.39 is 29.8 Å². The van der Waals surface area contributed by atoms with Crippen LogP contribution in [0.25, 0.3) is 0 Å². The van der Waals surface area contributed by atoms with E-state index in [0.29, 0.717) is 0 Å². The van der Waals surface area contributed by atoms with E-state index in [4.69, 9.17) is 4.43 Å². The van der Waals surface area contributed by atoms with Crippen LogP contribution in [0.1, 0.15) is 59.1 Å². The van der Waals surface area contributed by atoms with Crippen molar-refractivity contribution in [3.8, 4) is 0 Å². The first kappa shape index (κ1) is 25.6. The van der Waals surface area contributed by atoms with E-state index in [0.717, 1.165) is 5.56 Å². The highest BCUT2D eigenvalue weighted by Crippen LogP contribution is 2.39. The minimum atomic E-state index is -4.01. The molecule has 0 saturated heterocycles. The molecule has 0 saturated carbocycles. The summed E-state index contributed by atoms with van der Waals surface area (Å²) in [5, 5.41) is 9.64. The molecule has 8 heteroatoms. The largest absolute Gasteiger partial charge is 0.480 e. The lowest BCUT2D eigenvalue weighted by atomic mass is 9.94. The van der Waals surface area contributed by atoms with Gasteiger partial charge in [0.2, 0.25) is 10.0 Å². The predicted octanol–water partition coefficient (Wildman–Crippen LogP) is 4.86. The number of sulfonamides is 1. The van der Waals surface area contributed by atoms with Gasteiger partial charge in [0.05, 0.1) is 11.0 Å². The van der Waals surface area contributed by atoms with Crippen LogP contribution in [0.15, 0.2) is 41.8 Å². The van der Waals surface area contributed by atoms with Crippen molar-refractivity contribution in [3.63, 3.8) is 0 Å². The number of aliphatic carboxylic acids is 1. The average molecular weight is 442 g/mol. The normalized spacial score (nSPS) is 16.1. The van der Waals surface area contributed by atoms with Crippen LogP contribution in [-0.4, -0.2) is 33.3 Å². The standard InChI is InChI=1S/C21H35NO5SSi/c1-9-15-21(10-2,19(23)24)22-28(25,26)18-13-11-17(12-14-18)16(3)27-29(7,8)20(4,5)6/h9,11-14,16,22H,1,10,15H2,2-8H3,(H,23,24)/t16-,21+/m1/s1. The van der Waals surface area contributed by atoms with E-state index in [1.165, 1.54) is 18.2 Å². The lowest BCUT2D eigenvalue weighted by Crippen LogP contribution is -2.53. The monoisotopic (exact) mass is 441 g/mol. The fraction of sp³-hybridized carbons (Fsp3) is 0.571. The zero-order valence-corrected chi connectivity index (χ0v) is 20.4. The average Bonchev–Trinajstić information content (AvgIpc) is 2.59. The summed E-state index contributed by atoms with van der Waals surface area (Å²) in [6.45, 7) is 18.0. The highest BCUT2D eigenvalue weighted by molar-refractivity contribution is 7.89. The van der Waals surface area contributed by atoms with E-state index in [1.807, 2.05) is 6.92 Å². The molecule has 1 aromatic carbocycles. The SMILES string of the molecule is C=CC[C@](CC)(NS(=O)(=O)c1ccc([C@@H](C)O[Si](C)(C)C(C)(C)C)cc1)C(=O)O. The lowest BCUT2D eigenvalue weighted by Gasteiger charge is -2.38. The Balaban J connectivity index is 3.11. The molecular weight excluding hydrogens is 406 g/mol. The molecule has 29 heavy (non-hydrogen) atoms. The van der Waals surface area contributed by atoms with Crippen molar-refractivity contribution >= 4 is 24.3 Å². The first-order valence-electron chi connectivity index (χ1n) is 9.78. The molecule has 0 unspecified atom stereocenters. The molecule has 0 heterocycles. The number of hydrogen-bond acceptors (Lipinski definition) is 4. The Morgan fingerprint density at radius 1 is 1.28 bits per heavy atom. The maximum atomic E-state index is 12.8.